The van der Waals surface area contributed by atoms with Crippen molar-refractivity contribution in [2.45, 2.75) is 38.6 Å². The third-order valence-corrected chi connectivity index (χ3v) is 8.23. The van der Waals surface area contributed by atoms with E-state index in [1.807, 2.05) is 30.3 Å². The minimum atomic E-state index is -0.115. The summed E-state index contributed by atoms with van der Waals surface area (Å²) in [5.41, 5.74) is 4.15. The van der Waals surface area contributed by atoms with Gasteiger partial charge in [-0.25, -0.2) is 9.97 Å². The fourth-order valence-electron chi connectivity index (χ4n) is 5.82. The second-order valence-corrected chi connectivity index (χ2v) is 10.8. The van der Waals surface area contributed by atoms with E-state index >= 15 is 0 Å². The highest BCUT2D eigenvalue weighted by molar-refractivity contribution is 5.98. The molecular weight excluding hydrogens is 562 g/mol. The molecule has 0 aliphatic heterocycles. The summed E-state index contributed by atoms with van der Waals surface area (Å²) in [6, 6.07) is 12.8. The molecule has 0 bridgehead atoms. The van der Waals surface area contributed by atoms with Gasteiger partial charge in [-0.1, -0.05) is 19.8 Å². The van der Waals surface area contributed by atoms with Crippen LogP contribution in [0.4, 0.5) is 0 Å². The predicted octanol–water partition coefficient (Wildman–Crippen LogP) is 6.32. The van der Waals surface area contributed by atoms with Crippen molar-refractivity contribution < 1.29 is 33.2 Å². The van der Waals surface area contributed by atoms with Gasteiger partial charge in [0.25, 0.3) is 5.91 Å². The molecule has 44 heavy (non-hydrogen) atoms. The zero-order valence-electron chi connectivity index (χ0n) is 26.3. The molecule has 2 atom stereocenters. The van der Waals surface area contributed by atoms with Gasteiger partial charge in [0.1, 0.15) is 0 Å². The first-order valence-electron chi connectivity index (χ1n) is 14.6. The van der Waals surface area contributed by atoms with Crippen molar-refractivity contribution >= 4 is 16.9 Å². The largest absolute Gasteiger partial charge is 0.493 e. The van der Waals surface area contributed by atoms with E-state index < -0.39 is 0 Å². The van der Waals surface area contributed by atoms with Crippen molar-refractivity contribution in [1.29, 1.82) is 0 Å². The van der Waals surface area contributed by atoms with Crippen molar-refractivity contribution in [3.8, 4) is 57.0 Å². The molecule has 4 aromatic rings. The molecule has 1 N–H and O–H groups in total. The maximum Gasteiger partial charge on any atom is 0.251 e. The van der Waals surface area contributed by atoms with Crippen LogP contribution in [0.2, 0.25) is 0 Å². The molecule has 10 heteroatoms. The predicted molar refractivity (Wildman–Crippen MR) is 169 cm³/mol. The summed E-state index contributed by atoms with van der Waals surface area (Å²) in [5, 5.41) is 3.24. The molecule has 232 valence electrons. The number of nitrogens with zero attached hydrogens (tertiary/aromatic N) is 2. The van der Waals surface area contributed by atoms with Crippen LogP contribution in [0.3, 0.4) is 0 Å². The Morgan fingerprint density at radius 1 is 0.659 bits per heavy atom. The smallest absolute Gasteiger partial charge is 0.251 e. The molecule has 0 radical (unpaired) electrons. The first kappa shape index (κ1) is 30.7. The molecule has 1 amide bonds. The molecule has 1 saturated carbocycles. The van der Waals surface area contributed by atoms with Gasteiger partial charge in [0.2, 0.25) is 11.5 Å². The van der Waals surface area contributed by atoms with Crippen molar-refractivity contribution in [2.24, 2.45) is 5.92 Å². The maximum absolute atomic E-state index is 13.3. The van der Waals surface area contributed by atoms with Crippen LogP contribution in [0.15, 0.2) is 42.5 Å². The van der Waals surface area contributed by atoms with Gasteiger partial charge in [-0.05, 0) is 61.2 Å². The molecule has 0 saturated heterocycles. The first-order chi connectivity index (χ1) is 21.3. The monoisotopic (exact) mass is 601 g/mol. The molecule has 1 aliphatic carbocycles. The Kier molecular flexibility index (Phi) is 9.27. The van der Waals surface area contributed by atoms with Crippen LogP contribution in [0, 0.1) is 5.92 Å². The van der Waals surface area contributed by atoms with Crippen molar-refractivity contribution in [1.82, 2.24) is 15.3 Å². The van der Waals surface area contributed by atoms with Crippen molar-refractivity contribution in [3.63, 3.8) is 0 Å². The van der Waals surface area contributed by atoms with E-state index in [0.29, 0.717) is 79.5 Å². The van der Waals surface area contributed by atoms with E-state index in [1.165, 1.54) is 6.42 Å². The van der Waals surface area contributed by atoms with Crippen LogP contribution in [-0.4, -0.2) is 64.6 Å². The summed E-state index contributed by atoms with van der Waals surface area (Å²) >= 11 is 0. The number of ether oxygens (including phenoxy) is 6. The molecule has 1 aliphatic rings. The quantitative estimate of drug-likeness (QED) is 0.223. The number of carbonyl (C=O) groups is 1. The number of rotatable bonds is 10. The molecule has 1 aromatic heterocycles. The fourth-order valence-corrected chi connectivity index (χ4v) is 5.82. The van der Waals surface area contributed by atoms with Crippen LogP contribution in [0.5, 0.6) is 34.5 Å². The van der Waals surface area contributed by atoms with E-state index in [2.05, 4.69) is 12.2 Å². The van der Waals surface area contributed by atoms with Crippen molar-refractivity contribution in [2.75, 3.05) is 42.7 Å². The first-order valence-corrected chi connectivity index (χ1v) is 14.6. The maximum atomic E-state index is 13.3. The Hall–Kier alpha value is -4.73. The molecule has 1 fully saturated rings. The number of amides is 1. The van der Waals surface area contributed by atoms with Gasteiger partial charge < -0.3 is 33.7 Å². The minimum Gasteiger partial charge on any atom is -0.493 e. The third kappa shape index (κ3) is 5.89. The third-order valence-electron chi connectivity index (χ3n) is 8.23. The van der Waals surface area contributed by atoms with Crippen LogP contribution in [-0.2, 0) is 0 Å². The number of aromatic nitrogens is 2. The number of hydrogen-bond acceptors (Lipinski definition) is 9. The summed E-state index contributed by atoms with van der Waals surface area (Å²) in [4.78, 5) is 23.5. The van der Waals surface area contributed by atoms with Crippen molar-refractivity contribution in [3.05, 3.63) is 48.0 Å². The van der Waals surface area contributed by atoms with Crippen LogP contribution >= 0.6 is 0 Å². The summed E-state index contributed by atoms with van der Waals surface area (Å²) in [6.45, 7) is 2.20. The lowest BCUT2D eigenvalue weighted by Gasteiger charge is -2.29. The molecule has 1 heterocycles. The second-order valence-electron chi connectivity index (χ2n) is 10.8. The average molecular weight is 602 g/mol. The Labute approximate surface area is 257 Å². The zero-order chi connectivity index (χ0) is 31.4. The lowest BCUT2D eigenvalue weighted by molar-refractivity contribution is 0.0910. The van der Waals surface area contributed by atoms with E-state index in [9.17, 15) is 4.79 Å². The van der Waals surface area contributed by atoms with Gasteiger partial charge in [0.05, 0.1) is 65.1 Å². The number of methoxy groups -OCH3 is 6. The summed E-state index contributed by atoms with van der Waals surface area (Å²) in [7, 11) is 9.36. The average Bonchev–Trinajstić information content (AvgIpc) is 3.06. The van der Waals surface area contributed by atoms with Gasteiger partial charge in [-0.15, -0.1) is 0 Å². The highest BCUT2D eigenvalue weighted by atomic mass is 16.5. The second kappa shape index (κ2) is 13.3. The Balaban J connectivity index is 1.70. The molecule has 10 nitrogen and oxygen atoms in total. The number of benzene rings is 3. The zero-order valence-corrected chi connectivity index (χ0v) is 26.3. The van der Waals surface area contributed by atoms with Crippen LogP contribution in [0.25, 0.3) is 33.5 Å². The fraction of sp³-hybridized carbons (Fsp3) is 0.382. The Morgan fingerprint density at radius 3 is 1.59 bits per heavy atom. The van der Waals surface area contributed by atoms with E-state index in [-0.39, 0.29) is 11.9 Å². The standard InChI is InChI=1S/C34H39N3O7/c1-19-10-8-9-11-23(19)37-34(38)20-12-13-24-25(14-20)36-31(22-17-28(41-4)33(44-7)29(18-22)42-5)30(35-24)21-15-26(39-2)32(43-6)27(16-21)40-3/h12-19,23H,8-11H2,1-7H3,(H,37,38). The van der Waals surface area contributed by atoms with Gasteiger partial charge in [0, 0.05) is 22.7 Å². The lowest BCUT2D eigenvalue weighted by atomic mass is 9.86. The molecule has 0 spiro atoms. The summed E-state index contributed by atoms with van der Waals surface area (Å²) in [5.74, 6) is 3.13. The molecule has 2 unspecified atom stereocenters. The number of fused-ring (bicyclic) bond motifs is 1. The molecule has 3 aromatic carbocycles. The minimum absolute atomic E-state index is 0.115. The normalized spacial score (nSPS) is 16.2. The number of nitrogens with one attached hydrogen (secondary N) is 1. The number of carbonyl (C=O) groups excluding carboxylic acids is 1. The Morgan fingerprint density at radius 2 is 1.14 bits per heavy atom. The number of hydrogen-bond donors (Lipinski definition) is 1. The highest BCUT2D eigenvalue weighted by Gasteiger charge is 2.25. The van der Waals surface area contributed by atoms with Gasteiger partial charge in [-0.3, -0.25) is 4.79 Å². The van der Waals surface area contributed by atoms with Crippen LogP contribution in [0.1, 0.15) is 43.0 Å². The highest BCUT2D eigenvalue weighted by Crippen LogP contribution is 2.45. The van der Waals surface area contributed by atoms with E-state index in [0.717, 1.165) is 19.3 Å². The van der Waals surface area contributed by atoms with Gasteiger partial charge in [-0.2, -0.15) is 0 Å². The lowest BCUT2D eigenvalue weighted by Crippen LogP contribution is -2.41. The van der Waals surface area contributed by atoms with E-state index in [4.69, 9.17) is 38.4 Å². The SMILES string of the molecule is COc1cc(-c2nc3ccc(C(=O)NC4CCCCC4C)cc3nc2-c2cc(OC)c(OC)c(OC)c2)cc(OC)c1OC. The summed E-state index contributed by atoms with van der Waals surface area (Å²) < 4.78 is 33.7. The molecule has 5 rings (SSSR count). The van der Waals surface area contributed by atoms with Gasteiger partial charge >= 0.3 is 0 Å². The van der Waals surface area contributed by atoms with Gasteiger partial charge in [0.15, 0.2) is 23.0 Å². The van der Waals surface area contributed by atoms with Crippen LogP contribution < -0.4 is 33.7 Å². The van der Waals surface area contributed by atoms with E-state index in [1.54, 1.807) is 54.8 Å². The Bertz CT molecular complexity index is 1620. The molecular formula is C34H39N3O7. The topological polar surface area (TPSA) is 110 Å². The summed E-state index contributed by atoms with van der Waals surface area (Å²) in [6.07, 6.45) is 4.44.